The number of amides is 1. The van der Waals surface area contributed by atoms with Crippen molar-refractivity contribution in [3.05, 3.63) is 29.3 Å². The molecule has 3 rings (SSSR count). The Hall–Kier alpha value is -2.23. The molecule has 1 N–H and O–H groups in total. The smallest absolute Gasteiger partial charge is 0.366 e. The van der Waals surface area contributed by atoms with Crippen molar-refractivity contribution in [1.29, 1.82) is 5.26 Å². The van der Waals surface area contributed by atoms with Gasteiger partial charge < -0.3 is 10.2 Å². The fraction of sp³-hybridized carbons (Fsp3) is 0.467. The van der Waals surface area contributed by atoms with Gasteiger partial charge in [-0.25, -0.2) is 0 Å². The van der Waals surface area contributed by atoms with Crippen LogP contribution in [0.25, 0.3) is 0 Å². The van der Waals surface area contributed by atoms with E-state index in [0.717, 1.165) is 18.9 Å². The summed E-state index contributed by atoms with van der Waals surface area (Å²) in [4.78, 5) is 13.6. The second-order valence-corrected chi connectivity index (χ2v) is 5.59. The van der Waals surface area contributed by atoms with Crippen molar-refractivity contribution in [2.24, 2.45) is 5.92 Å². The number of piperidine rings is 1. The van der Waals surface area contributed by atoms with Crippen molar-refractivity contribution >= 4 is 11.6 Å². The van der Waals surface area contributed by atoms with Gasteiger partial charge in [0.25, 0.3) is 0 Å². The summed E-state index contributed by atoms with van der Waals surface area (Å²) in [6.45, 7) is 1.06. The van der Waals surface area contributed by atoms with E-state index in [2.05, 4.69) is 5.32 Å². The van der Waals surface area contributed by atoms with Crippen molar-refractivity contribution in [3.63, 3.8) is 0 Å². The van der Waals surface area contributed by atoms with Gasteiger partial charge in [0, 0.05) is 18.8 Å². The highest BCUT2D eigenvalue weighted by atomic mass is 19.4. The van der Waals surface area contributed by atoms with Crippen molar-refractivity contribution in [3.8, 4) is 6.07 Å². The number of alkyl halides is 3. The van der Waals surface area contributed by atoms with Gasteiger partial charge in [-0.1, -0.05) is 0 Å². The third-order valence-electron chi connectivity index (χ3n) is 4.36. The van der Waals surface area contributed by atoms with Gasteiger partial charge in [-0.15, -0.1) is 0 Å². The molecule has 116 valence electrons. The van der Waals surface area contributed by atoms with Gasteiger partial charge in [-0.3, -0.25) is 4.79 Å². The number of halogens is 3. The van der Waals surface area contributed by atoms with Crippen LogP contribution in [0.4, 0.5) is 18.9 Å². The number of nitrogens with zero attached hydrogens (tertiary/aromatic N) is 2. The standard InChI is InChI=1S/C15H14F3N3O/c16-15(17,18)12-6-10(4-3-9(12)7-19)21-5-1-2-11-13(21)8-20-14(11)22/h3-4,6,11,13H,1-2,5,8H2,(H,20,22)/t11-,13-/m1/s1. The van der Waals surface area contributed by atoms with Crippen LogP contribution in [0.5, 0.6) is 0 Å². The average Bonchev–Trinajstić information content (AvgIpc) is 2.87. The number of nitrogens with one attached hydrogen (secondary N) is 1. The molecule has 7 heteroatoms. The molecule has 0 unspecified atom stereocenters. The first-order valence-electron chi connectivity index (χ1n) is 7.07. The number of hydrogen-bond donors (Lipinski definition) is 1. The number of anilines is 1. The number of nitriles is 1. The largest absolute Gasteiger partial charge is 0.417 e. The molecule has 0 aromatic heterocycles. The van der Waals surface area contributed by atoms with E-state index in [1.807, 2.05) is 4.90 Å². The SMILES string of the molecule is N#Cc1ccc(N2CCC[C@H]3C(=O)NC[C@H]32)cc1C(F)(F)F. The molecule has 1 amide bonds. The molecule has 2 saturated heterocycles. The molecule has 0 spiro atoms. The highest BCUT2D eigenvalue weighted by Gasteiger charge is 2.41. The fourth-order valence-corrected chi connectivity index (χ4v) is 3.31. The molecular formula is C15H14F3N3O. The van der Waals surface area contributed by atoms with E-state index in [9.17, 15) is 18.0 Å². The maximum atomic E-state index is 13.1. The number of hydrogen-bond acceptors (Lipinski definition) is 3. The topological polar surface area (TPSA) is 56.1 Å². The van der Waals surface area contributed by atoms with Crippen LogP contribution in [-0.2, 0) is 11.0 Å². The first kappa shape index (κ1) is 14.7. The van der Waals surface area contributed by atoms with Crippen molar-refractivity contribution < 1.29 is 18.0 Å². The molecular weight excluding hydrogens is 295 g/mol. The van der Waals surface area contributed by atoms with Crippen LogP contribution in [0.1, 0.15) is 24.0 Å². The quantitative estimate of drug-likeness (QED) is 0.866. The summed E-state index contributed by atoms with van der Waals surface area (Å²) in [5.41, 5.74) is -0.894. The van der Waals surface area contributed by atoms with E-state index in [-0.39, 0.29) is 23.4 Å². The van der Waals surface area contributed by atoms with E-state index in [0.29, 0.717) is 18.8 Å². The van der Waals surface area contributed by atoms with Crippen LogP contribution >= 0.6 is 0 Å². The normalized spacial score (nSPS) is 24.6. The molecule has 0 saturated carbocycles. The Morgan fingerprint density at radius 1 is 1.36 bits per heavy atom. The molecule has 2 atom stereocenters. The highest BCUT2D eigenvalue weighted by molar-refractivity contribution is 5.83. The highest BCUT2D eigenvalue weighted by Crippen LogP contribution is 2.37. The van der Waals surface area contributed by atoms with Crippen molar-refractivity contribution in [2.75, 3.05) is 18.0 Å². The molecule has 2 aliphatic heterocycles. The van der Waals surface area contributed by atoms with Gasteiger partial charge in [-0.2, -0.15) is 18.4 Å². The minimum atomic E-state index is -4.57. The molecule has 4 nitrogen and oxygen atoms in total. The zero-order chi connectivity index (χ0) is 15.9. The predicted molar refractivity (Wildman–Crippen MR) is 73.0 cm³/mol. The first-order valence-corrected chi connectivity index (χ1v) is 7.07. The van der Waals surface area contributed by atoms with Crippen molar-refractivity contribution in [2.45, 2.75) is 25.1 Å². The van der Waals surface area contributed by atoms with Crippen LogP contribution in [0.2, 0.25) is 0 Å². The van der Waals surface area contributed by atoms with E-state index < -0.39 is 11.7 Å². The monoisotopic (exact) mass is 309 g/mol. The molecule has 2 heterocycles. The summed E-state index contributed by atoms with van der Waals surface area (Å²) in [6.07, 6.45) is -3.05. The van der Waals surface area contributed by atoms with E-state index in [4.69, 9.17) is 5.26 Å². The maximum Gasteiger partial charge on any atom is 0.417 e. The van der Waals surface area contributed by atoms with Crippen LogP contribution in [0.3, 0.4) is 0 Å². The lowest BCUT2D eigenvalue weighted by Crippen LogP contribution is -2.45. The molecule has 2 aliphatic rings. The fourth-order valence-electron chi connectivity index (χ4n) is 3.31. The molecule has 1 aromatic rings. The van der Waals surface area contributed by atoms with E-state index in [1.165, 1.54) is 12.1 Å². The summed E-state index contributed by atoms with van der Waals surface area (Å²) < 4.78 is 39.2. The second kappa shape index (κ2) is 5.20. The minimum absolute atomic E-state index is 0.0283. The predicted octanol–water partition coefficient (Wildman–Crippen LogP) is 2.29. The molecule has 0 aliphatic carbocycles. The van der Waals surface area contributed by atoms with Crippen LogP contribution in [0, 0.1) is 17.2 Å². The first-order chi connectivity index (χ1) is 10.4. The van der Waals surface area contributed by atoms with Gasteiger partial charge in [0.15, 0.2) is 0 Å². The summed E-state index contributed by atoms with van der Waals surface area (Å²) in [5, 5.41) is 11.6. The number of fused-ring (bicyclic) bond motifs is 1. The van der Waals surface area contributed by atoms with Gasteiger partial charge in [0.05, 0.1) is 29.2 Å². The number of rotatable bonds is 1. The Morgan fingerprint density at radius 2 is 2.14 bits per heavy atom. The van der Waals surface area contributed by atoms with Crippen LogP contribution in [0.15, 0.2) is 18.2 Å². The molecule has 1 aromatic carbocycles. The Bertz CT molecular complexity index is 650. The Labute approximate surface area is 125 Å². The average molecular weight is 309 g/mol. The Balaban J connectivity index is 1.98. The lowest BCUT2D eigenvalue weighted by Gasteiger charge is -2.38. The number of carbonyl (C=O) groups is 1. The third kappa shape index (κ3) is 2.39. The molecule has 2 fully saturated rings. The van der Waals surface area contributed by atoms with Crippen molar-refractivity contribution in [1.82, 2.24) is 5.32 Å². The van der Waals surface area contributed by atoms with Crippen LogP contribution in [-0.4, -0.2) is 25.0 Å². The van der Waals surface area contributed by atoms with Crippen LogP contribution < -0.4 is 10.2 Å². The zero-order valence-corrected chi connectivity index (χ0v) is 11.7. The zero-order valence-electron chi connectivity index (χ0n) is 11.7. The number of benzene rings is 1. The van der Waals surface area contributed by atoms with E-state index >= 15 is 0 Å². The van der Waals surface area contributed by atoms with E-state index in [1.54, 1.807) is 6.07 Å². The molecule has 0 bridgehead atoms. The van der Waals surface area contributed by atoms with Gasteiger partial charge in [-0.05, 0) is 31.0 Å². The number of carbonyl (C=O) groups excluding carboxylic acids is 1. The van der Waals surface area contributed by atoms with Gasteiger partial charge >= 0.3 is 6.18 Å². The molecule has 22 heavy (non-hydrogen) atoms. The van der Waals surface area contributed by atoms with Gasteiger partial charge in [0.1, 0.15) is 0 Å². The summed E-state index contributed by atoms with van der Waals surface area (Å²) in [7, 11) is 0. The minimum Gasteiger partial charge on any atom is -0.366 e. The lowest BCUT2D eigenvalue weighted by molar-refractivity contribution is -0.137. The second-order valence-electron chi connectivity index (χ2n) is 5.59. The summed E-state index contributed by atoms with van der Waals surface area (Å²) in [6, 6.07) is 5.21. The Morgan fingerprint density at radius 3 is 2.82 bits per heavy atom. The molecule has 0 radical (unpaired) electrons. The van der Waals surface area contributed by atoms with Gasteiger partial charge in [0.2, 0.25) is 5.91 Å². The summed E-state index contributed by atoms with van der Waals surface area (Å²) in [5.74, 6) is -0.196. The lowest BCUT2D eigenvalue weighted by atomic mass is 9.90. The summed E-state index contributed by atoms with van der Waals surface area (Å²) >= 11 is 0. The third-order valence-corrected chi connectivity index (χ3v) is 4.36. The Kier molecular flexibility index (Phi) is 3.47. The maximum absolute atomic E-state index is 13.1.